The Morgan fingerprint density at radius 1 is 0.886 bits per heavy atom. The number of H-pyrrole nitrogens is 1. The first-order chi connectivity index (χ1) is 21.4. The highest BCUT2D eigenvalue weighted by Crippen LogP contribution is 2.36. The van der Waals surface area contributed by atoms with Gasteiger partial charge in [0.15, 0.2) is 0 Å². The lowest BCUT2D eigenvalue weighted by Crippen LogP contribution is -2.33. The predicted octanol–water partition coefficient (Wildman–Crippen LogP) is 5.95. The Labute approximate surface area is 256 Å². The highest BCUT2D eigenvalue weighted by molar-refractivity contribution is 6.35. The number of aromatic amines is 1. The van der Waals surface area contributed by atoms with Gasteiger partial charge in [-0.25, -0.2) is 0 Å². The summed E-state index contributed by atoms with van der Waals surface area (Å²) >= 11 is 0. The van der Waals surface area contributed by atoms with Crippen molar-refractivity contribution < 1.29 is 14.4 Å². The van der Waals surface area contributed by atoms with Crippen molar-refractivity contribution in [2.45, 2.75) is 26.7 Å². The van der Waals surface area contributed by atoms with Gasteiger partial charge in [0.05, 0.1) is 11.1 Å². The molecule has 0 aliphatic carbocycles. The second kappa shape index (κ2) is 12.6. The lowest BCUT2D eigenvalue weighted by Gasteiger charge is -2.14. The number of nitrogens with zero attached hydrogens (tertiary/aromatic N) is 1. The number of likely N-dealkylation sites (tertiary alicyclic amines) is 1. The fourth-order valence-corrected chi connectivity index (χ4v) is 5.87. The third kappa shape index (κ3) is 6.28. The zero-order valence-electron chi connectivity index (χ0n) is 24.9. The quantitative estimate of drug-likeness (QED) is 0.155. The largest absolute Gasteiger partial charge is 0.358 e. The molecule has 2 aliphatic rings. The van der Waals surface area contributed by atoms with Crippen molar-refractivity contribution in [3.05, 3.63) is 106 Å². The summed E-state index contributed by atoms with van der Waals surface area (Å²) in [4.78, 5) is 44.4. The number of anilines is 4. The van der Waals surface area contributed by atoms with Gasteiger partial charge in [0, 0.05) is 58.4 Å². The molecule has 1 fully saturated rings. The summed E-state index contributed by atoms with van der Waals surface area (Å²) in [5.74, 6) is -0.492. The molecule has 0 atom stereocenters. The second-order valence-electron chi connectivity index (χ2n) is 11.3. The molecule has 0 saturated carbocycles. The predicted molar refractivity (Wildman–Crippen MR) is 175 cm³/mol. The Bertz CT molecular complexity index is 1750. The van der Waals surface area contributed by atoms with Crippen molar-refractivity contribution in [2.24, 2.45) is 0 Å². The van der Waals surface area contributed by atoms with Crippen molar-refractivity contribution in [3.8, 4) is 0 Å². The summed E-state index contributed by atoms with van der Waals surface area (Å²) in [6.45, 7) is 7.43. The van der Waals surface area contributed by atoms with Gasteiger partial charge in [0.1, 0.15) is 0 Å². The van der Waals surface area contributed by atoms with E-state index in [0.29, 0.717) is 28.9 Å². The van der Waals surface area contributed by atoms with Gasteiger partial charge in [0.25, 0.3) is 17.7 Å². The molecule has 2 aliphatic heterocycles. The first-order valence-corrected chi connectivity index (χ1v) is 15.0. The fourth-order valence-electron chi connectivity index (χ4n) is 5.87. The van der Waals surface area contributed by atoms with Gasteiger partial charge >= 0.3 is 0 Å². The third-order valence-corrected chi connectivity index (χ3v) is 8.15. The van der Waals surface area contributed by atoms with Crippen LogP contribution in [0.1, 0.15) is 56.1 Å². The number of carbonyl (C=O) groups excluding carboxylic acids is 3. The fraction of sp³-hybridized carbons (Fsp3) is 0.229. The Balaban J connectivity index is 1.18. The molecule has 9 nitrogen and oxygen atoms in total. The molecule has 0 radical (unpaired) electrons. The number of carbonyl (C=O) groups is 3. The van der Waals surface area contributed by atoms with E-state index in [1.807, 2.05) is 80.6 Å². The van der Waals surface area contributed by atoms with Crippen LogP contribution < -0.4 is 21.3 Å². The molecule has 5 N–H and O–H groups in total. The summed E-state index contributed by atoms with van der Waals surface area (Å²) in [5, 5.41) is 12.3. The van der Waals surface area contributed by atoms with Crippen molar-refractivity contribution in [3.63, 3.8) is 0 Å². The molecule has 0 bridgehead atoms. The molecule has 224 valence electrons. The van der Waals surface area contributed by atoms with Gasteiger partial charge in [-0.15, -0.1) is 0 Å². The van der Waals surface area contributed by atoms with Crippen molar-refractivity contribution in [2.75, 3.05) is 42.1 Å². The number of hydrogen-bond donors (Lipinski definition) is 5. The molecule has 1 aromatic heterocycles. The monoisotopic (exact) mass is 588 g/mol. The lowest BCUT2D eigenvalue weighted by molar-refractivity contribution is -0.110. The van der Waals surface area contributed by atoms with Crippen LogP contribution >= 0.6 is 0 Å². The van der Waals surface area contributed by atoms with Crippen LogP contribution in [-0.4, -0.2) is 53.8 Å². The smallest absolute Gasteiger partial charge is 0.256 e. The van der Waals surface area contributed by atoms with Crippen LogP contribution in [0.4, 0.5) is 22.7 Å². The number of fused-ring (bicyclic) bond motifs is 1. The number of aromatic nitrogens is 1. The number of rotatable bonds is 9. The molecule has 3 aromatic carbocycles. The Hall–Kier alpha value is -5.15. The number of hydrogen-bond acceptors (Lipinski definition) is 5. The van der Waals surface area contributed by atoms with Crippen LogP contribution in [0.5, 0.6) is 0 Å². The van der Waals surface area contributed by atoms with E-state index < -0.39 is 0 Å². The average molecular weight is 589 g/mol. The minimum absolute atomic E-state index is 0.106. The molecule has 3 amide bonds. The van der Waals surface area contributed by atoms with Crippen LogP contribution in [0.3, 0.4) is 0 Å². The number of amides is 3. The summed E-state index contributed by atoms with van der Waals surface area (Å²) in [6, 6.07) is 22.2. The summed E-state index contributed by atoms with van der Waals surface area (Å²) in [6.07, 6.45) is 4.25. The molecule has 1 saturated heterocycles. The molecule has 9 heteroatoms. The maximum atomic E-state index is 13.1. The zero-order chi connectivity index (χ0) is 30.6. The van der Waals surface area contributed by atoms with Gasteiger partial charge in [-0.3, -0.25) is 14.4 Å². The molecule has 0 spiro atoms. The van der Waals surface area contributed by atoms with Crippen LogP contribution in [-0.2, 0) is 4.79 Å². The normalized spacial score (nSPS) is 15.2. The first kappa shape index (κ1) is 28.9. The molecule has 6 rings (SSSR count). The first-order valence-electron chi connectivity index (χ1n) is 15.0. The molecule has 4 aromatic rings. The van der Waals surface area contributed by atoms with E-state index in [2.05, 4.69) is 31.2 Å². The van der Waals surface area contributed by atoms with E-state index in [1.54, 1.807) is 12.1 Å². The van der Waals surface area contributed by atoms with Gasteiger partial charge in [-0.1, -0.05) is 24.3 Å². The highest BCUT2D eigenvalue weighted by Gasteiger charge is 2.26. The van der Waals surface area contributed by atoms with E-state index in [-0.39, 0.29) is 17.7 Å². The van der Waals surface area contributed by atoms with E-state index in [1.165, 1.54) is 12.8 Å². The van der Waals surface area contributed by atoms with Crippen LogP contribution in [0, 0.1) is 13.8 Å². The van der Waals surface area contributed by atoms with Crippen molar-refractivity contribution in [1.29, 1.82) is 0 Å². The third-order valence-electron chi connectivity index (χ3n) is 8.15. The molecule has 3 heterocycles. The van der Waals surface area contributed by atoms with Gasteiger partial charge in [-0.05, 0) is 99.9 Å². The van der Waals surface area contributed by atoms with Crippen LogP contribution in [0.2, 0.25) is 0 Å². The average Bonchev–Trinajstić information content (AvgIpc) is 3.72. The van der Waals surface area contributed by atoms with E-state index in [9.17, 15) is 14.4 Å². The SMILES string of the molecule is Cc1[nH]c(/C=C2\C(=O)Nc3ccc(Nc4cccc(NC(=O)c5ccccc5)c4)cc32)c(C)c1C(=O)NCCN1CCCC1. The lowest BCUT2D eigenvalue weighted by atomic mass is 10.0. The summed E-state index contributed by atoms with van der Waals surface area (Å²) in [7, 11) is 0. The maximum Gasteiger partial charge on any atom is 0.256 e. The minimum Gasteiger partial charge on any atom is -0.358 e. The van der Waals surface area contributed by atoms with Gasteiger partial charge in [-0.2, -0.15) is 0 Å². The topological polar surface area (TPSA) is 118 Å². The van der Waals surface area contributed by atoms with Crippen LogP contribution in [0.25, 0.3) is 11.6 Å². The van der Waals surface area contributed by atoms with E-state index in [0.717, 1.165) is 59.2 Å². The Morgan fingerprint density at radius 2 is 1.64 bits per heavy atom. The van der Waals surface area contributed by atoms with Crippen LogP contribution in [0.15, 0.2) is 72.8 Å². The van der Waals surface area contributed by atoms with Crippen molar-refractivity contribution >= 4 is 52.1 Å². The number of aryl methyl sites for hydroxylation is 1. The highest BCUT2D eigenvalue weighted by atomic mass is 16.2. The molecule has 0 unspecified atom stereocenters. The molecular weight excluding hydrogens is 552 g/mol. The number of benzene rings is 3. The Kier molecular flexibility index (Phi) is 8.29. The summed E-state index contributed by atoms with van der Waals surface area (Å²) in [5.41, 5.74) is 7.72. The molecule has 44 heavy (non-hydrogen) atoms. The van der Waals surface area contributed by atoms with Crippen molar-refractivity contribution in [1.82, 2.24) is 15.2 Å². The van der Waals surface area contributed by atoms with Gasteiger partial charge < -0.3 is 31.2 Å². The van der Waals surface area contributed by atoms with Gasteiger partial charge in [0.2, 0.25) is 0 Å². The van der Waals surface area contributed by atoms with E-state index >= 15 is 0 Å². The second-order valence-corrected chi connectivity index (χ2v) is 11.3. The number of nitrogens with one attached hydrogen (secondary N) is 5. The standard InChI is InChI=1S/C35H36N6O3/c1-22-31(37-23(2)32(22)35(44)36-15-18-41-16-6-7-17-41)21-29-28-20-27(13-14-30(28)40-34(29)43)38-25-11-8-12-26(19-25)39-33(42)24-9-4-3-5-10-24/h3-5,8-14,19-21,37-38H,6-7,15-18H2,1-2H3,(H,36,44)(H,39,42)(H,40,43)/b29-21-. The Morgan fingerprint density at radius 3 is 2.43 bits per heavy atom. The molecular formula is C35H36N6O3. The minimum atomic E-state index is -0.203. The maximum absolute atomic E-state index is 13.1. The summed E-state index contributed by atoms with van der Waals surface area (Å²) < 4.78 is 0. The zero-order valence-corrected chi connectivity index (χ0v) is 24.9. The van der Waals surface area contributed by atoms with E-state index in [4.69, 9.17) is 0 Å².